The number of aliphatic hydroxyl groups excluding tert-OH is 3. The van der Waals surface area contributed by atoms with E-state index in [1.54, 1.807) is 6.08 Å². The van der Waals surface area contributed by atoms with E-state index in [0.29, 0.717) is 25.7 Å². The summed E-state index contributed by atoms with van der Waals surface area (Å²) in [4.78, 5) is 61.8. The minimum Gasteiger partial charge on any atom is -0.462 e. The zero-order chi connectivity index (χ0) is 51.6. The summed E-state index contributed by atoms with van der Waals surface area (Å²) in [5.41, 5.74) is 4.58. The normalized spacial score (nSPS) is 20.3. The van der Waals surface area contributed by atoms with Crippen LogP contribution < -0.4 is 11.4 Å². The van der Waals surface area contributed by atoms with Crippen molar-refractivity contribution in [2.75, 3.05) is 25.6 Å². The van der Waals surface area contributed by atoms with Gasteiger partial charge in [-0.15, -0.1) is 0 Å². The van der Waals surface area contributed by atoms with E-state index in [4.69, 9.17) is 29.0 Å². The maximum absolute atomic E-state index is 12.8. The van der Waals surface area contributed by atoms with Gasteiger partial charge >= 0.3 is 33.3 Å². The molecule has 21 heteroatoms. The van der Waals surface area contributed by atoms with Gasteiger partial charge < -0.3 is 45.1 Å². The Bertz CT molecular complexity index is 1940. The number of aliphatic hydroxyl groups is 3. The third-order valence-corrected chi connectivity index (χ3v) is 13.6. The predicted molar refractivity (Wildman–Crippen MR) is 267 cm³/mol. The minimum absolute atomic E-state index is 0.0298. The van der Waals surface area contributed by atoms with E-state index in [-0.39, 0.29) is 18.7 Å². The standard InChI is InChI=1S/C49H81N3O16P2/c1-4-40(53)31-27-23-19-15-11-7-5-6-8-12-16-20-24-28-32-44(54)63-36-41(66-45(55)33-29-25-21-17-13-9-10-14-18-22-26-30-39(2)3)37-64-69(59,60)68-70(61,62)65-38-42-46(56)47(57)48(67-42)52-35-34-43(50)51-49(52)58/h6-8,11,16,19-20,23,27,31,34-35,39-42,46-48,53,56-57H,4-5,9-10,12-15,17-18,21-22,24-26,28-30,32-33,36-38H2,1-3H3,(H,59,60)(H,61,62)(H2,50,51,58)/b8-6-,11-7-,20-16-,23-19-,31-27+/t40-,41+,42+,46+,47+,48+/m0/s1. The molecule has 8 atom stereocenters. The molecule has 70 heavy (non-hydrogen) atoms. The highest BCUT2D eigenvalue weighted by Crippen LogP contribution is 2.60. The quantitative estimate of drug-likeness (QED) is 0.0118. The highest BCUT2D eigenvalue weighted by Gasteiger charge is 2.46. The van der Waals surface area contributed by atoms with Gasteiger partial charge in [0.2, 0.25) is 0 Å². The summed E-state index contributed by atoms with van der Waals surface area (Å²) in [6.45, 7) is 4.04. The number of hydrogen-bond donors (Lipinski definition) is 6. The third-order valence-electron chi connectivity index (χ3n) is 11.0. The first-order valence-electron chi connectivity index (χ1n) is 24.8. The molecule has 1 saturated heterocycles. The monoisotopic (exact) mass is 1030 g/mol. The van der Waals surface area contributed by atoms with Gasteiger partial charge in [0, 0.05) is 19.0 Å². The number of nitrogens with two attached hydrogens (primary N) is 1. The summed E-state index contributed by atoms with van der Waals surface area (Å²) < 4.78 is 56.6. The number of ether oxygens (including phenoxy) is 3. The first-order chi connectivity index (χ1) is 33.4. The molecule has 19 nitrogen and oxygen atoms in total. The van der Waals surface area contributed by atoms with Gasteiger partial charge in [-0.2, -0.15) is 9.29 Å². The Morgan fingerprint density at radius 2 is 1.36 bits per heavy atom. The van der Waals surface area contributed by atoms with Crippen molar-refractivity contribution in [3.8, 4) is 0 Å². The number of allylic oxidation sites excluding steroid dienone is 9. The van der Waals surface area contributed by atoms with Crippen LogP contribution in [0.15, 0.2) is 77.8 Å². The smallest absolute Gasteiger partial charge is 0.462 e. The number of phosphoric ester groups is 2. The molecule has 0 bridgehead atoms. The Balaban J connectivity index is 1.83. The van der Waals surface area contributed by atoms with Gasteiger partial charge in [0.15, 0.2) is 12.3 Å². The van der Waals surface area contributed by atoms with Gasteiger partial charge in [0.25, 0.3) is 0 Å². The highest BCUT2D eigenvalue weighted by atomic mass is 31.3. The number of rotatable bonds is 39. The summed E-state index contributed by atoms with van der Waals surface area (Å²) in [5.74, 6) is -0.638. The molecule has 0 aromatic carbocycles. The lowest BCUT2D eigenvalue weighted by atomic mass is 10.0. The Morgan fingerprint density at radius 1 is 0.786 bits per heavy atom. The molecule has 1 aromatic rings. The summed E-state index contributed by atoms with van der Waals surface area (Å²) in [5, 5.41) is 30.4. The summed E-state index contributed by atoms with van der Waals surface area (Å²) in [6.07, 6.45) is 29.9. The fourth-order valence-corrected chi connectivity index (χ4v) is 9.07. The third kappa shape index (κ3) is 29.7. The minimum atomic E-state index is -5.44. The van der Waals surface area contributed by atoms with E-state index in [1.807, 2.05) is 43.4 Å². The highest BCUT2D eigenvalue weighted by molar-refractivity contribution is 7.61. The first kappa shape index (κ1) is 62.5. The molecule has 398 valence electrons. The number of anilines is 1. The van der Waals surface area contributed by atoms with Crippen LogP contribution in [0.3, 0.4) is 0 Å². The number of unbranched alkanes of at least 4 members (excludes halogenated alkanes) is 11. The van der Waals surface area contributed by atoms with Crippen LogP contribution in [0.25, 0.3) is 0 Å². The van der Waals surface area contributed by atoms with Crippen LogP contribution in [0.2, 0.25) is 0 Å². The fraction of sp³-hybridized carbons (Fsp3) is 0.673. The molecule has 0 saturated carbocycles. The number of nitrogens with zero attached hydrogens (tertiary/aromatic N) is 2. The topological polar surface area (TPSA) is 286 Å². The Labute approximate surface area is 414 Å². The molecule has 2 rings (SSSR count). The van der Waals surface area contributed by atoms with Crippen LogP contribution >= 0.6 is 15.6 Å². The number of esters is 2. The number of carbonyl (C=O) groups excluding carboxylic acids is 2. The summed E-state index contributed by atoms with van der Waals surface area (Å²) >= 11 is 0. The van der Waals surface area contributed by atoms with Crippen molar-refractivity contribution < 1.29 is 71.4 Å². The maximum atomic E-state index is 12.8. The molecule has 1 aromatic heterocycles. The second kappa shape index (κ2) is 36.4. The van der Waals surface area contributed by atoms with Crippen LogP contribution in [0.5, 0.6) is 0 Å². The molecular formula is C49H81N3O16P2. The zero-order valence-corrected chi connectivity index (χ0v) is 43.1. The van der Waals surface area contributed by atoms with Crippen molar-refractivity contribution in [1.29, 1.82) is 0 Å². The van der Waals surface area contributed by atoms with Crippen molar-refractivity contribution >= 4 is 33.4 Å². The van der Waals surface area contributed by atoms with Crippen molar-refractivity contribution in [3.63, 3.8) is 0 Å². The number of nitrogen functional groups attached to an aromatic ring is 1. The van der Waals surface area contributed by atoms with Gasteiger partial charge in [0.1, 0.15) is 30.7 Å². The molecular weight excluding hydrogens is 948 g/mol. The van der Waals surface area contributed by atoms with Crippen LogP contribution in [0.4, 0.5) is 5.82 Å². The molecule has 0 spiro atoms. The van der Waals surface area contributed by atoms with Crippen molar-refractivity contribution in [1.82, 2.24) is 9.55 Å². The van der Waals surface area contributed by atoms with Gasteiger partial charge in [0.05, 0.1) is 19.3 Å². The second-order valence-electron chi connectivity index (χ2n) is 17.6. The number of aromatic nitrogens is 2. The van der Waals surface area contributed by atoms with Crippen LogP contribution in [-0.2, 0) is 46.3 Å². The van der Waals surface area contributed by atoms with Gasteiger partial charge in [-0.1, -0.05) is 152 Å². The molecule has 2 unspecified atom stereocenters. The van der Waals surface area contributed by atoms with Crippen LogP contribution in [0, 0.1) is 5.92 Å². The number of phosphoric acid groups is 2. The van der Waals surface area contributed by atoms with E-state index >= 15 is 0 Å². The SMILES string of the molecule is CC[C@H](O)/C=C/C=C\C/C=C\C/C=C\C/C=C\CCCC(=O)OC[C@H](COP(=O)(O)OP(=O)(O)OC[C@H]1O[C@@H](n2ccc(N)nc2=O)[C@H](O)[C@@H]1O)OC(=O)CCCCCCCCCCCCCC(C)C. The first-order valence-corrected chi connectivity index (χ1v) is 27.8. The van der Waals surface area contributed by atoms with E-state index in [1.165, 1.54) is 51.0 Å². The molecule has 1 aliphatic rings. The predicted octanol–water partition coefficient (Wildman–Crippen LogP) is 8.77. The second-order valence-corrected chi connectivity index (χ2v) is 20.7. The van der Waals surface area contributed by atoms with Crippen molar-refractivity contribution in [2.24, 2.45) is 5.92 Å². The van der Waals surface area contributed by atoms with E-state index in [9.17, 15) is 48.6 Å². The Kier molecular flexibility index (Phi) is 32.5. The molecule has 0 radical (unpaired) electrons. The zero-order valence-electron chi connectivity index (χ0n) is 41.3. The molecule has 7 N–H and O–H groups in total. The van der Waals surface area contributed by atoms with Crippen LogP contribution in [0.1, 0.15) is 155 Å². The van der Waals surface area contributed by atoms with Crippen molar-refractivity contribution in [2.45, 2.75) is 186 Å². The Hall–Kier alpha value is -3.58. The summed E-state index contributed by atoms with van der Waals surface area (Å²) in [6, 6.07) is 1.24. The van der Waals surface area contributed by atoms with Gasteiger partial charge in [-0.25, -0.2) is 13.9 Å². The van der Waals surface area contributed by atoms with Gasteiger partial charge in [-0.3, -0.25) is 23.2 Å². The Morgan fingerprint density at radius 3 is 1.97 bits per heavy atom. The fourth-order valence-electron chi connectivity index (χ4n) is 6.96. The van der Waals surface area contributed by atoms with E-state index in [0.717, 1.165) is 61.6 Å². The molecule has 0 aliphatic carbocycles. The molecule has 0 amide bonds. The molecule has 1 fully saturated rings. The number of carbonyl (C=O) groups is 2. The lowest BCUT2D eigenvalue weighted by Crippen LogP contribution is -2.36. The van der Waals surface area contributed by atoms with E-state index < -0.39 is 89.8 Å². The maximum Gasteiger partial charge on any atom is 0.481 e. The lowest BCUT2D eigenvalue weighted by molar-refractivity contribution is -0.161. The van der Waals surface area contributed by atoms with Crippen molar-refractivity contribution in [3.05, 3.63) is 83.5 Å². The lowest BCUT2D eigenvalue weighted by Gasteiger charge is -2.21. The molecule has 1 aliphatic heterocycles. The average Bonchev–Trinajstić information content (AvgIpc) is 3.58. The largest absolute Gasteiger partial charge is 0.481 e. The molecule has 2 heterocycles. The van der Waals surface area contributed by atoms with E-state index in [2.05, 4.69) is 41.4 Å². The number of hydrogen-bond acceptors (Lipinski definition) is 16. The van der Waals surface area contributed by atoms with Gasteiger partial charge in [-0.05, 0) is 56.9 Å². The summed E-state index contributed by atoms with van der Waals surface area (Å²) in [7, 11) is -10.9. The average molecular weight is 1030 g/mol. The van der Waals surface area contributed by atoms with Crippen LogP contribution in [-0.4, -0.2) is 96.9 Å².